The molecule has 0 spiro atoms. The predicted octanol–water partition coefficient (Wildman–Crippen LogP) is 3.30. The number of nitrogens with zero attached hydrogens (tertiary/aromatic N) is 3. The van der Waals surface area contributed by atoms with Crippen LogP contribution in [0.25, 0.3) is 11.3 Å². The lowest BCUT2D eigenvalue weighted by Crippen LogP contribution is -2.53. The summed E-state index contributed by atoms with van der Waals surface area (Å²) in [6.07, 6.45) is -3.50. The largest absolute Gasteiger partial charge is 0.443 e. The van der Waals surface area contributed by atoms with Crippen LogP contribution in [-0.4, -0.2) is 52.8 Å². The van der Waals surface area contributed by atoms with Crippen molar-refractivity contribution in [2.45, 2.75) is 20.0 Å². The Labute approximate surface area is 159 Å². The number of halogens is 3. The van der Waals surface area contributed by atoms with Crippen LogP contribution in [0, 0.1) is 5.92 Å². The fourth-order valence-electron chi connectivity index (χ4n) is 3.11. The fraction of sp³-hybridized carbons (Fsp3) is 0.421. The maximum absolute atomic E-state index is 13.0. The smallest absolute Gasteiger partial charge is 0.416 e. The molecule has 9 heteroatoms. The highest BCUT2D eigenvalue weighted by Crippen LogP contribution is 2.33. The van der Waals surface area contributed by atoms with Gasteiger partial charge in [0.1, 0.15) is 6.54 Å². The Bertz CT molecular complexity index is 877. The Balaban J connectivity index is 1.81. The highest BCUT2D eigenvalue weighted by Gasteiger charge is 2.33. The number of alkyl halides is 3. The molecule has 0 unspecified atom stereocenters. The highest BCUT2D eigenvalue weighted by molar-refractivity contribution is 5.99. The molecule has 2 aromatic rings. The number of oxazole rings is 1. The molecule has 1 aliphatic rings. The van der Waals surface area contributed by atoms with Gasteiger partial charge in [-0.15, -0.1) is 0 Å². The van der Waals surface area contributed by atoms with Crippen LogP contribution < -0.4 is 0 Å². The van der Waals surface area contributed by atoms with Gasteiger partial charge in [0, 0.05) is 25.2 Å². The molecule has 1 fully saturated rings. The van der Waals surface area contributed by atoms with Gasteiger partial charge in [-0.1, -0.05) is 26.0 Å². The van der Waals surface area contributed by atoms with Gasteiger partial charge in [0.05, 0.1) is 5.56 Å². The Morgan fingerprint density at radius 3 is 2.68 bits per heavy atom. The molecular formula is C19H20F3N3O3. The zero-order valence-corrected chi connectivity index (χ0v) is 15.5. The molecular weight excluding hydrogens is 375 g/mol. The average Bonchev–Trinajstić information content (AvgIpc) is 3.11. The minimum atomic E-state index is -4.51. The minimum absolute atomic E-state index is 0.0480. The first-order chi connectivity index (χ1) is 13.2. The van der Waals surface area contributed by atoms with E-state index in [1.807, 2.05) is 13.8 Å². The summed E-state index contributed by atoms with van der Waals surface area (Å²) in [4.78, 5) is 32.0. The van der Waals surface area contributed by atoms with Crippen LogP contribution in [0.5, 0.6) is 0 Å². The van der Waals surface area contributed by atoms with E-state index in [1.54, 1.807) is 4.90 Å². The number of hydrogen-bond acceptors (Lipinski definition) is 4. The van der Waals surface area contributed by atoms with Crippen LogP contribution in [0.1, 0.15) is 29.9 Å². The van der Waals surface area contributed by atoms with Gasteiger partial charge >= 0.3 is 6.18 Å². The lowest BCUT2D eigenvalue weighted by molar-refractivity contribution is -0.137. The van der Waals surface area contributed by atoms with E-state index in [0.29, 0.717) is 25.6 Å². The second-order valence-electron chi connectivity index (χ2n) is 7.07. The van der Waals surface area contributed by atoms with Crippen molar-refractivity contribution in [3.05, 3.63) is 41.9 Å². The van der Waals surface area contributed by atoms with Crippen LogP contribution in [0.4, 0.5) is 13.2 Å². The number of aromatic nitrogens is 1. The Morgan fingerprint density at radius 2 is 2.04 bits per heavy atom. The monoisotopic (exact) mass is 395 g/mol. The minimum Gasteiger partial charge on any atom is -0.443 e. The van der Waals surface area contributed by atoms with E-state index in [9.17, 15) is 22.8 Å². The molecule has 0 aliphatic carbocycles. The van der Waals surface area contributed by atoms with Crippen molar-refractivity contribution in [1.82, 2.24) is 14.8 Å². The SMILES string of the molecule is CC(C)CN1CCN(C(=O)c2ncoc2-c2cccc(C(F)(F)F)c2)CC1=O. The number of carbonyl (C=O) groups excluding carboxylic acids is 2. The van der Waals surface area contributed by atoms with E-state index >= 15 is 0 Å². The zero-order valence-electron chi connectivity index (χ0n) is 15.5. The Hall–Kier alpha value is -2.84. The van der Waals surface area contributed by atoms with Crippen LogP contribution >= 0.6 is 0 Å². The maximum Gasteiger partial charge on any atom is 0.416 e. The average molecular weight is 395 g/mol. The van der Waals surface area contributed by atoms with Crippen molar-refractivity contribution in [3.63, 3.8) is 0 Å². The Morgan fingerprint density at radius 1 is 1.29 bits per heavy atom. The highest BCUT2D eigenvalue weighted by atomic mass is 19.4. The number of hydrogen-bond donors (Lipinski definition) is 0. The summed E-state index contributed by atoms with van der Waals surface area (Å²) in [6, 6.07) is 4.50. The molecule has 2 amide bonds. The van der Waals surface area contributed by atoms with Crippen molar-refractivity contribution in [2.75, 3.05) is 26.2 Å². The molecule has 1 aliphatic heterocycles. The molecule has 0 saturated carbocycles. The second-order valence-corrected chi connectivity index (χ2v) is 7.07. The molecule has 0 bridgehead atoms. The van der Waals surface area contributed by atoms with E-state index in [-0.39, 0.29) is 29.5 Å². The van der Waals surface area contributed by atoms with Gasteiger partial charge in [-0.05, 0) is 18.1 Å². The first-order valence-corrected chi connectivity index (χ1v) is 8.85. The summed E-state index contributed by atoms with van der Waals surface area (Å²) in [5.74, 6) is -0.446. The number of carbonyl (C=O) groups is 2. The van der Waals surface area contributed by atoms with Gasteiger partial charge in [0.25, 0.3) is 5.91 Å². The molecule has 0 atom stereocenters. The molecule has 28 heavy (non-hydrogen) atoms. The van der Waals surface area contributed by atoms with Crippen molar-refractivity contribution in [2.24, 2.45) is 5.92 Å². The molecule has 2 heterocycles. The van der Waals surface area contributed by atoms with E-state index in [1.165, 1.54) is 17.0 Å². The van der Waals surface area contributed by atoms with E-state index < -0.39 is 17.6 Å². The number of benzene rings is 1. The summed E-state index contributed by atoms with van der Waals surface area (Å²) in [6.45, 7) is 5.25. The topological polar surface area (TPSA) is 66.7 Å². The molecule has 1 aromatic carbocycles. The third-order valence-electron chi connectivity index (χ3n) is 4.41. The summed E-state index contributed by atoms with van der Waals surface area (Å²) < 4.78 is 44.1. The van der Waals surface area contributed by atoms with Crippen molar-refractivity contribution in [1.29, 1.82) is 0 Å². The van der Waals surface area contributed by atoms with Gasteiger partial charge in [-0.2, -0.15) is 13.2 Å². The third-order valence-corrected chi connectivity index (χ3v) is 4.41. The molecule has 1 saturated heterocycles. The molecule has 0 radical (unpaired) electrons. The normalized spacial score (nSPS) is 15.4. The van der Waals surface area contributed by atoms with Gasteiger partial charge in [-0.3, -0.25) is 9.59 Å². The molecule has 0 N–H and O–H groups in total. The summed E-state index contributed by atoms with van der Waals surface area (Å²) in [5, 5.41) is 0. The predicted molar refractivity (Wildman–Crippen MR) is 94.3 cm³/mol. The van der Waals surface area contributed by atoms with Crippen LogP contribution in [0.2, 0.25) is 0 Å². The third kappa shape index (κ3) is 4.18. The van der Waals surface area contributed by atoms with Gasteiger partial charge in [-0.25, -0.2) is 4.98 Å². The summed E-state index contributed by atoms with van der Waals surface area (Å²) in [5.41, 5.74) is -0.859. The maximum atomic E-state index is 13.0. The van der Waals surface area contributed by atoms with Crippen molar-refractivity contribution in [3.8, 4) is 11.3 Å². The van der Waals surface area contributed by atoms with Gasteiger partial charge in [0.15, 0.2) is 17.8 Å². The molecule has 3 rings (SSSR count). The van der Waals surface area contributed by atoms with Crippen LogP contribution in [-0.2, 0) is 11.0 Å². The summed E-state index contributed by atoms with van der Waals surface area (Å²) in [7, 11) is 0. The van der Waals surface area contributed by atoms with Crippen molar-refractivity contribution >= 4 is 11.8 Å². The first kappa shape index (κ1) is 19.9. The fourth-order valence-corrected chi connectivity index (χ4v) is 3.11. The van der Waals surface area contributed by atoms with Gasteiger partial charge < -0.3 is 14.2 Å². The van der Waals surface area contributed by atoms with E-state index in [4.69, 9.17) is 4.42 Å². The number of amides is 2. The number of rotatable bonds is 4. The lowest BCUT2D eigenvalue weighted by Gasteiger charge is -2.35. The van der Waals surface area contributed by atoms with Crippen LogP contribution in [0.3, 0.4) is 0 Å². The van der Waals surface area contributed by atoms with Crippen LogP contribution in [0.15, 0.2) is 35.1 Å². The lowest BCUT2D eigenvalue weighted by atomic mass is 10.1. The summed E-state index contributed by atoms with van der Waals surface area (Å²) >= 11 is 0. The Kier molecular flexibility index (Phi) is 5.44. The van der Waals surface area contributed by atoms with E-state index in [2.05, 4.69) is 4.98 Å². The van der Waals surface area contributed by atoms with E-state index in [0.717, 1.165) is 18.5 Å². The van der Waals surface area contributed by atoms with Crippen molar-refractivity contribution < 1.29 is 27.2 Å². The zero-order chi connectivity index (χ0) is 20.5. The number of piperazine rings is 1. The quantitative estimate of drug-likeness (QED) is 0.797. The molecule has 6 nitrogen and oxygen atoms in total. The second kappa shape index (κ2) is 7.65. The standard InChI is InChI=1S/C19H20F3N3O3/c1-12(2)9-24-6-7-25(10-15(24)26)18(27)16-17(28-11-23-16)13-4-3-5-14(8-13)19(20,21)22/h3-5,8,11-12H,6-7,9-10H2,1-2H3. The molecule has 150 valence electrons. The first-order valence-electron chi connectivity index (χ1n) is 8.85. The van der Waals surface area contributed by atoms with Gasteiger partial charge in [0.2, 0.25) is 5.91 Å². The molecule has 1 aromatic heterocycles.